The minimum atomic E-state index is -0.766. The van der Waals surface area contributed by atoms with Gasteiger partial charge in [-0.2, -0.15) is 0 Å². The van der Waals surface area contributed by atoms with Crippen LogP contribution in [-0.2, 0) is 18.4 Å². The lowest BCUT2D eigenvalue weighted by atomic mass is 9.82. The van der Waals surface area contributed by atoms with E-state index >= 15 is 0 Å². The summed E-state index contributed by atoms with van der Waals surface area (Å²) < 4.78 is 2.01. The highest BCUT2D eigenvalue weighted by Crippen LogP contribution is 2.31. The molecule has 106 valence electrons. The molecule has 1 amide bonds. The van der Waals surface area contributed by atoms with Crippen molar-refractivity contribution in [2.45, 2.75) is 50.7 Å². The van der Waals surface area contributed by atoms with Crippen LogP contribution in [0.5, 0.6) is 0 Å². The van der Waals surface area contributed by atoms with Crippen LogP contribution in [0.4, 0.5) is 0 Å². The Balaban J connectivity index is 1.90. The van der Waals surface area contributed by atoms with Gasteiger partial charge in [0, 0.05) is 26.0 Å². The van der Waals surface area contributed by atoms with Gasteiger partial charge in [0.15, 0.2) is 0 Å². The summed E-state index contributed by atoms with van der Waals surface area (Å²) in [5.74, 6) is 0.0330. The number of carbonyl (C=O) groups is 1. The zero-order valence-electron chi connectivity index (χ0n) is 11.9. The highest BCUT2D eigenvalue weighted by Gasteiger charge is 2.32. The molecular formula is C15H24N2O2. The van der Waals surface area contributed by atoms with Crippen LogP contribution in [0.2, 0.25) is 0 Å². The van der Waals surface area contributed by atoms with Crippen molar-refractivity contribution in [1.29, 1.82) is 0 Å². The fourth-order valence-corrected chi connectivity index (χ4v) is 2.80. The van der Waals surface area contributed by atoms with Crippen molar-refractivity contribution in [3.63, 3.8) is 0 Å². The lowest BCUT2D eigenvalue weighted by Crippen LogP contribution is -2.39. The number of carbonyl (C=O) groups excluding carboxylic acids is 1. The summed E-state index contributed by atoms with van der Waals surface area (Å²) in [4.78, 5) is 13.9. The molecule has 2 rings (SSSR count). The molecule has 0 atom stereocenters. The number of aliphatic hydroxyl groups is 1. The van der Waals surface area contributed by atoms with Gasteiger partial charge < -0.3 is 14.6 Å². The van der Waals surface area contributed by atoms with Gasteiger partial charge in [-0.25, -0.2) is 0 Å². The molecule has 1 aliphatic carbocycles. The summed E-state index contributed by atoms with van der Waals surface area (Å²) >= 11 is 0. The van der Waals surface area contributed by atoms with E-state index in [0.717, 1.165) is 31.4 Å². The van der Waals surface area contributed by atoms with Gasteiger partial charge in [-0.05, 0) is 25.0 Å². The van der Waals surface area contributed by atoms with Crippen LogP contribution in [0.25, 0.3) is 0 Å². The van der Waals surface area contributed by atoms with Crippen molar-refractivity contribution in [1.82, 2.24) is 9.47 Å². The maximum Gasteiger partial charge on any atom is 0.225 e. The molecule has 0 saturated heterocycles. The third kappa shape index (κ3) is 3.60. The third-order valence-corrected chi connectivity index (χ3v) is 4.14. The summed E-state index contributed by atoms with van der Waals surface area (Å²) in [5.41, 5.74) is 0.337. The third-order valence-electron chi connectivity index (χ3n) is 4.14. The smallest absolute Gasteiger partial charge is 0.225 e. The Morgan fingerprint density at radius 3 is 2.68 bits per heavy atom. The number of hydrogen-bond donors (Lipinski definition) is 1. The molecule has 1 heterocycles. The molecule has 0 aromatic carbocycles. The zero-order chi connectivity index (χ0) is 13.9. The van der Waals surface area contributed by atoms with Crippen molar-refractivity contribution >= 4 is 5.91 Å². The van der Waals surface area contributed by atoms with Crippen LogP contribution < -0.4 is 0 Å². The quantitative estimate of drug-likeness (QED) is 0.905. The average molecular weight is 264 g/mol. The summed E-state index contributed by atoms with van der Waals surface area (Å²) in [6.45, 7) is 0.596. The van der Waals surface area contributed by atoms with Gasteiger partial charge in [0.2, 0.25) is 5.91 Å². The fraction of sp³-hybridized carbons (Fsp3) is 0.667. The molecule has 1 fully saturated rings. The first-order chi connectivity index (χ1) is 9.00. The highest BCUT2D eigenvalue weighted by molar-refractivity contribution is 5.77. The monoisotopic (exact) mass is 264 g/mol. The minimum Gasteiger partial charge on any atom is -0.389 e. The number of hydrogen-bond acceptors (Lipinski definition) is 2. The van der Waals surface area contributed by atoms with E-state index in [1.165, 1.54) is 6.42 Å². The van der Waals surface area contributed by atoms with Crippen molar-refractivity contribution in [2.24, 2.45) is 7.05 Å². The average Bonchev–Trinajstić information content (AvgIpc) is 2.75. The van der Waals surface area contributed by atoms with Crippen LogP contribution in [0.1, 0.15) is 44.2 Å². The first-order valence-corrected chi connectivity index (χ1v) is 7.07. The Morgan fingerprint density at radius 1 is 1.42 bits per heavy atom. The van der Waals surface area contributed by atoms with Crippen LogP contribution in [0.15, 0.2) is 18.3 Å². The second-order valence-electron chi connectivity index (χ2n) is 5.82. The Labute approximate surface area is 115 Å². The molecule has 0 bridgehead atoms. The second kappa shape index (κ2) is 5.78. The molecule has 1 N–H and O–H groups in total. The van der Waals surface area contributed by atoms with E-state index in [-0.39, 0.29) is 12.3 Å². The Hall–Kier alpha value is -1.29. The van der Waals surface area contributed by atoms with Gasteiger partial charge in [0.25, 0.3) is 0 Å². The van der Waals surface area contributed by atoms with Gasteiger partial charge in [-0.15, -0.1) is 0 Å². The zero-order valence-corrected chi connectivity index (χ0v) is 11.9. The van der Waals surface area contributed by atoms with Crippen molar-refractivity contribution in [3.8, 4) is 0 Å². The largest absolute Gasteiger partial charge is 0.389 e. The molecule has 1 saturated carbocycles. The number of aryl methyl sites for hydroxylation is 1. The summed E-state index contributed by atoms with van der Waals surface area (Å²) in [6, 6.07) is 3.99. The van der Waals surface area contributed by atoms with Gasteiger partial charge in [0.05, 0.1) is 18.6 Å². The van der Waals surface area contributed by atoms with Gasteiger partial charge in [0.1, 0.15) is 0 Å². The summed E-state index contributed by atoms with van der Waals surface area (Å²) in [6.07, 6.45) is 7.00. The van der Waals surface area contributed by atoms with E-state index in [1.54, 1.807) is 4.90 Å². The molecule has 0 aliphatic heterocycles. The molecule has 0 radical (unpaired) electrons. The molecule has 1 aromatic rings. The molecule has 0 spiro atoms. The normalized spacial score (nSPS) is 18.3. The van der Waals surface area contributed by atoms with Crippen molar-refractivity contribution < 1.29 is 9.90 Å². The molecule has 4 heteroatoms. The number of amides is 1. The van der Waals surface area contributed by atoms with E-state index in [1.807, 2.05) is 37.0 Å². The van der Waals surface area contributed by atoms with Crippen LogP contribution in [-0.4, -0.2) is 33.1 Å². The maximum absolute atomic E-state index is 12.2. The lowest BCUT2D eigenvalue weighted by molar-refractivity contribution is -0.137. The van der Waals surface area contributed by atoms with Gasteiger partial charge in [-0.1, -0.05) is 19.3 Å². The van der Waals surface area contributed by atoms with Crippen molar-refractivity contribution in [2.75, 3.05) is 7.05 Å². The van der Waals surface area contributed by atoms with Crippen LogP contribution >= 0.6 is 0 Å². The van der Waals surface area contributed by atoms with Crippen molar-refractivity contribution in [3.05, 3.63) is 24.0 Å². The molecule has 1 aliphatic rings. The predicted molar refractivity (Wildman–Crippen MR) is 74.5 cm³/mol. The standard InChI is InChI=1S/C15H24N2O2/c1-16-10-6-7-13(16)12-17(2)14(18)11-15(19)8-4-3-5-9-15/h6-7,10,19H,3-5,8-9,11-12H2,1-2H3. The minimum absolute atomic E-state index is 0.0330. The molecule has 1 aromatic heterocycles. The lowest BCUT2D eigenvalue weighted by Gasteiger charge is -2.32. The van der Waals surface area contributed by atoms with E-state index in [9.17, 15) is 9.90 Å². The highest BCUT2D eigenvalue weighted by atomic mass is 16.3. The second-order valence-corrected chi connectivity index (χ2v) is 5.82. The van der Waals surface area contributed by atoms with Gasteiger partial charge in [-0.3, -0.25) is 4.79 Å². The van der Waals surface area contributed by atoms with Crippen LogP contribution in [0.3, 0.4) is 0 Å². The number of aromatic nitrogens is 1. The SMILES string of the molecule is CN(Cc1cccn1C)C(=O)CC1(O)CCCCC1. The summed E-state index contributed by atoms with van der Waals surface area (Å²) in [5, 5.41) is 10.4. The van der Waals surface area contributed by atoms with E-state index < -0.39 is 5.60 Å². The fourth-order valence-electron chi connectivity index (χ4n) is 2.80. The molecular weight excluding hydrogens is 240 g/mol. The predicted octanol–water partition coefficient (Wildman–Crippen LogP) is 2.07. The molecule has 19 heavy (non-hydrogen) atoms. The van der Waals surface area contributed by atoms with Crippen LogP contribution in [0, 0.1) is 0 Å². The van der Waals surface area contributed by atoms with E-state index in [0.29, 0.717) is 6.54 Å². The van der Waals surface area contributed by atoms with E-state index in [2.05, 4.69) is 0 Å². The Kier molecular flexibility index (Phi) is 4.30. The molecule has 4 nitrogen and oxygen atoms in total. The Bertz CT molecular complexity index is 433. The number of rotatable bonds is 4. The topological polar surface area (TPSA) is 45.5 Å². The Morgan fingerprint density at radius 2 is 2.11 bits per heavy atom. The summed E-state index contributed by atoms with van der Waals surface area (Å²) in [7, 11) is 3.78. The van der Waals surface area contributed by atoms with Gasteiger partial charge >= 0.3 is 0 Å². The maximum atomic E-state index is 12.2. The molecule has 0 unspecified atom stereocenters. The number of nitrogens with zero attached hydrogens (tertiary/aromatic N) is 2. The first kappa shape index (κ1) is 14.1. The van der Waals surface area contributed by atoms with E-state index in [4.69, 9.17) is 0 Å². The first-order valence-electron chi connectivity index (χ1n) is 7.07.